The molecule has 0 spiro atoms. The first-order chi connectivity index (χ1) is 13.2. The molecule has 4 aromatic rings. The largest absolute Gasteiger partial charge is 0.206 e. The van der Waals surface area contributed by atoms with Gasteiger partial charge >= 0.3 is 0 Å². The number of fused-ring (bicyclic) bond motifs is 2. The minimum absolute atomic E-state index is 0.00742. The number of benzene rings is 4. The average molecular weight is 390 g/mol. The highest BCUT2D eigenvalue weighted by molar-refractivity contribution is 5.93. The van der Waals surface area contributed by atoms with E-state index >= 15 is 0 Å². The summed E-state index contributed by atoms with van der Waals surface area (Å²) in [6, 6.07) is 7.55. The Bertz CT molecular complexity index is 1190. The predicted molar refractivity (Wildman–Crippen MR) is 96.1 cm³/mol. The van der Waals surface area contributed by atoms with Crippen molar-refractivity contribution in [1.29, 1.82) is 0 Å². The van der Waals surface area contributed by atoms with E-state index < -0.39 is 56.8 Å². The van der Waals surface area contributed by atoms with Crippen LogP contribution < -0.4 is 0 Å². The molecule has 4 aromatic carbocycles. The summed E-state index contributed by atoms with van der Waals surface area (Å²) in [4.78, 5) is 0. The van der Waals surface area contributed by atoms with E-state index in [0.29, 0.717) is 0 Å². The number of hydrogen-bond acceptors (Lipinski definition) is 0. The zero-order valence-corrected chi connectivity index (χ0v) is 14.7. The standard InChI is InChI=1S/C22H12F6/c1-9-3-5-11-7-13(19(25)21(27)15(11)17(9)23)14-8-12-6-4-10(2)18(24)16(12)22(28)20(14)26/h3-8H,1-2H3. The molecule has 0 aliphatic rings. The molecule has 0 aromatic heterocycles. The Morgan fingerprint density at radius 1 is 0.464 bits per heavy atom. The van der Waals surface area contributed by atoms with Crippen molar-refractivity contribution in [3.63, 3.8) is 0 Å². The van der Waals surface area contributed by atoms with Crippen molar-refractivity contribution in [2.45, 2.75) is 13.8 Å². The van der Waals surface area contributed by atoms with Crippen LogP contribution in [0.3, 0.4) is 0 Å². The van der Waals surface area contributed by atoms with Crippen molar-refractivity contribution >= 4 is 21.5 Å². The summed E-state index contributed by atoms with van der Waals surface area (Å²) in [5.41, 5.74) is -0.917. The topological polar surface area (TPSA) is 0 Å². The Balaban J connectivity index is 2.10. The fourth-order valence-corrected chi connectivity index (χ4v) is 3.36. The molecule has 0 fully saturated rings. The average Bonchev–Trinajstić information content (AvgIpc) is 2.66. The number of halogens is 6. The molecular formula is C22H12F6. The van der Waals surface area contributed by atoms with Crippen LogP contribution in [0.1, 0.15) is 11.1 Å². The predicted octanol–water partition coefficient (Wildman–Crippen LogP) is 7.11. The van der Waals surface area contributed by atoms with E-state index in [1.54, 1.807) is 0 Å². The number of aryl methyl sites for hydroxylation is 2. The second-order valence-electron chi connectivity index (χ2n) is 6.69. The molecule has 0 nitrogen and oxygen atoms in total. The Kier molecular flexibility index (Phi) is 4.10. The van der Waals surface area contributed by atoms with E-state index in [-0.39, 0.29) is 21.9 Å². The third-order valence-electron chi connectivity index (χ3n) is 4.92. The maximum Gasteiger partial charge on any atom is 0.170 e. The lowest BCUT2D eigenvalue weighted by Crippen LogP contribution is -2.00. The zero-order chi connectivity index (χ0) is 20.3. The van der Waals surface area contributed by atoms with Gasteiger partial charge in [-0.15, -0.1) is 0 Å². The quantitative estimate of drug-likeness (QED) is 0.304. The molecule has 6 heteroatoms. The van der Waals surface area contributed by atoms with Gasteiger partial charge in [-0.25, -0.2) is 26.3 Å². The molecule has 28 heavy (non-hydrogen) atoms. The van der Waals surface area contributed by atoms with Crippen molar-refractivity contribution in [3.05, 3.63) is 82.4 Å². The third-order valence-corrected chi connectivity index (χ3v) is 4.92. The van der Waals surface area contributed by atoms with E-state index in [0.717, 1.165) is 12.1 Å². The van der Waals surface area contributed by atoms with Crippen LogP contribution in [0.15, 0.2) is 36.4 Å². The molecule has 142 valence electrons. The highest BCUT2D eigenvalue weighted by Crippen LogP contribution is 2.37. The molecule has 0 unspecified atom stereocenters. The second kappa shape index (κ2) is 6.26. The fourth-order valence-electron chi connectivity index (χ4n) is 3.36. The highest BCUT2D eigenvalue weighted by Gasteiger charge is 2.24. The minimum atomic E-state index is -1.51. The van der Waals surface area contributed by atoms with Crippen LogP contribution in [-0.2, 0) is 0 Å². The fraction of sp³-hybridized carbons (Fsp3) is 0.0909. The molecule has 0 saturated carbocycles. The maximum atomic E-state index is 14.7. The van der Waals surface area contributed by atoms with Gasteiger partial charge in [-0.1, -0.05) is 24.3 Å². The van der Waals surface area contributed by atoms with Crippen LogP contribution in [0.5, 0.6) is 0 Å². The van der Waals surface area contributed by atoms with E-state index in [1.807, 2.05) is 0 Å². The second-order valence-corrected chi connectivity index (χ2v) is 6.69. The van der Waals surface area contributed by atoms with Crippen LogP contribution in [0.2, 0.25) is 0 Å². The summed E-state index contributed by atoms with van der Waals surface area (Å²) >= 11 is 0. The van der Waals surface area contributed by atoms with Gasteiger partial charge in [-0.2, -0.15) is 0 Å². The summed E-state index contributed by atoms with van der Waals surface area (Å²) < 4.78 is 86.9. The lowest BCUT2D eigenvalue weighted by Gasteiger charge is -2.13. The van der Waals surface area contributed by atoms with Gasteiger partial charge in [-0.05, 0) is 47.9 Å². The van der Waals surface area contributed by atoms with Crippen molar-refractivity contribution < 1.29 is 26.3 Å². The smallest absolute Gasteiger partial charge is 0.170 e. The molecule has 0 aliphatic heterocycles. The SMILES string of the molecule is Cc1ccc2cc(-c3cc4ccc(C)c(F)c4c(F)c3F)c(F)c(F)c2c1F. The van der Waals surface area contributed by atoms with Crippen LogP contribution in [0, 0.1) is 48.8 Å². The minimum Gasteiger partial charge on any atom is -0.206 e. The molecule has 0 saturated heterocycles. The molecule has 0 aliphatic carbocycles. The van der Waals surface area contributed by atoms with E-state index in [1.165, 1.54) is 38.1 Å². The van der Waals surface area contributed by atoms with Gasteiger partial charge < -0.3 is 0 Å². The van der Waals surface area contributed by atoms with E-state index in [2.05, 4.69) is 0 Å². The van der Waals surface area contributed by atoms with Crippen molar-refractivity contribution in [2.75, 3.05) is 0 Å². The zero-order valence-electron chi connectivity index (χ0n) is 14.7. The van der Waals surface area contributed by atoms with Crippen molar-refractivity contribution in [3.8, 4) is 11.1 Å². The summed E-state index contributed by atoms with van der Waals surface area (Å²) in [6.45, 7) is 2.80. The first-order valence-electron chi connectivity index (χ1n) is 8.36. The van der Waals surface area contributed by atoms with Gasteiger partial charge in [0, 0.05) is 11.1 Å². The summed E-state index contributed by atoms with van der Waals surface area (Å²) in [7, 11) is 0. The Labute approximate surface area is 156 Å². The summed E-state index contributed by atoms with van der Waals surface area (Å²) in [5, 5.41) is -1.15. The third kappa shape index (κ3) is 2.47. The molecule has 0 heterocycles. The van der Waals surface area contributed by atoms with Crippen LogP contribution >= 0.6 is 0 Å². The summed E-state index contributed by atoms with van der Waals surface area (Å²) in [6.07, 6.45) is 0. The Morgan fingerprint density at radius 2 is 0.821 bits per heavy atom. The van der Waals surface area contributed by atoms with Gasteiger partial charge in [0.25, 0.3) is 0 Å². The van der Waals surface area contributed by atoms with Crippen LogP contribution in [-0.4, -0.2) is 0 Å². The molecule has 0 amide bonds. The van der Waals surface area contributed by atoms with Gasteiger partial charge in [0.05, 0.1) is 10.8 Å². The Morgan fingerprint density at radius 3 is 1.18 bits per heavy atom. The van der Waals surface area contributed by atoms with Gasteiger partial charge in [0.2, 0.25) is 0 Å². The highest BCUT2D eigenvalue weighted by atomic mass is 19.2. The first kappa shape index (κ1) is 18.3. The van der Waals surface area contributed by atoms with Crippen molar-refractivity contribution in [1.82, 2.24) is 0 Å². The van der Waals surface area contributed by atoms with Crippen molar-refractivity contribution in [2.24, 2.45) is 0 Å². The monoisotopic (exact) mass is 390 g/mol. The number of rotatable bonds is 1. The van der Waals surface area contributed by atoms with Crippen LogP contribution in [0.25, 0.3) is 32.7 Å². The maximum absolute atomic E-state index is 14.7. The number of hydrogen-bond donors (Lipinski definition) is 0. The van der Waals surface area contributed by atoms with E-state index in [9.17, 15) is 26.3 Å². The normalized spacial score (nSPS) is 11.6. The molecule has 0 N–H and O–H groups in total. The first-order valence-corrected chi connectivity index (χ1v) is 8.36. The van der Waals surface area contributed by atoms with Gasteiger partial charge in [-0.3, -0.25) is 0 Å². The summed E-state index contributed by atoms with van der Waals surface area (Å²) in [5.74, 6) is -7.87. The van der Waals surface area contributed by atoms with Crippen LogP contribution in [0.4, 0.5) is 26.3 Å². The Hall–Kier alpha value is -3.02. The van der Waals surface area contributed by atoms with E-state index in [4.69, 9.17) is 0 Å². The molecule has 4 rings (SSSR count). The van der Waals surface area contributed by atoms with Gasteiger partial charge in [0.1, 0.15) is 11.6 Å². The molecule has 0 radical (unpaired) electrons. The lowest BCUT2D eigenvalue weighted by atomic mass is 9.95. The molecule has 0 bridgehead atoms. The molecule has 0 atom stereocenters. The van der Waals surface area contributed by atoms with Gasteiger partial charge in [0.15, 0.2) is 23.3 Å². The molecular weight excluding hydrogens is 378 g/mol. The lowest BCUT2D eigenvalue weighted by molar-refractivity contribution is 0.504.